The summed E-state index contributed by atoms with van der Waals surface area (Å²) >= 11 is 23.5. The molecule has 1 aliphatic rings. The highest BCUT2D eigenvalue weighted by molar-refractivity contribution is 8.21. The first-order valence-electron chi connectivity index (χ1n) is 3.30. The van der Waals surface area contributed by atoms with Crippen molar-refractivity contribution in [1.29, 1.82) is 0 Å². The van der Waals surface area contributed by atoms with Crippen LogP contribution in [0.1, 0.15) is 6.92 Å². The lowest BCUT2D eigenvalue weighted by Crippen LogP contribution is -1.72. The van der Waals surface area contributed by atoms with Crippen LogP contribution in [0, 0.1) is 11.6 Å². The minimum atomic E-state index is -2.78. The van der Waals surface area contributed by atoms with E-state index in [2.05, 4.69) is 25.1 Å². The molecule has 0 saturated heterocycles. The Labute approximate surface area is 102 Å². The van der Waals surface area contributed by atoms with Gasteiger partial charge in [-0.05, 0) is 57.5 Å². The summed E-state index contributed by atoms with van der Waals surface area (Å²) in [7, 11) is -2.24. The van der Waals surface area contributed by atoms with E-state index in [0.717, 1.165) is 0 Å². The van der Waals surface area contributed by atoms with Crippen molar-refractivity contribution >= 4 is 64.0 Å². The normalized spacial score (nSPS) is 32.7. The largest absolute Gasteiger partial charge is 0.256 e. The lowest BCUT2D eigenvalue weighted by Gasteiger charge is -2.19. The van der Waals surface area contributed by atoms with Gasteiger partial charge in [0.25, 0.3) is 11.8 Å². The SMILES string of the molecule is CC#CP1(C)=NP(Cl)(Cl)=NP(Cl)(Cl)=N1. The first kappa shape index (κ1) is 13.5. The predicted molar refractivity (Wildman–Crippen MR) is 70.8 cm³/mol. The zero-order valence-electron chi connectivity index (χ0n) is 7.20. The summed E-state index contributed by atoms with van der Waals surface area (Å²) in [6, 6.07) is 0. The summed E-state index contributed by atoms with van der Waals surface area (Å²) in [5.41, 5.74) is 2.86. The summed E-state index contributed by atoms with van der Waals surface area (Å²) < 4.78 is 12.1. The Bertz CT molecular complexity index is 464. The van der Waals surface area contributed by atoms with Crippen molar-refractivity contribution in [2.75, 3.05) is 6.66 Å². The van der Waals surface area contributed by atoms with Crippen LogP contribution in [0.4, 0.5) is 0 Å². The van der Waals surface area contributed by atoms with E-state index in [4.69, 9.17) is 45.0 Å². The fourth-order valence-electron chi connectivity index (χ4n) is 0.859. The van der Waals surface area contributed by atoms with E-state index in [1.165, 1.54) is 0 Å². The Morgan fingerprint density at radius 1 is 0.929 bits per heavy atom. The van der Waals surface area contributed by atoms with Crippen LogP contribution in [-0.2, 0) is 0 Å². The molecular formula is C4H6Cl4N3P3. The van der Waals surface area contributed by atoms with Crippen molar-refractivity contribution in [1.82, 2.24) is 0 Å². The van der Waals surface area contributed by atoms with Gasteiger partial charge < -0.3 is 0 Å². The van der Waals surface area contributed by atoms with Crippen LogP contribution in [0.5, 0.6) is 0 Å². The summed E-state index contributed by atoms with van der Waals surface area (Å²) in [5.74, 6) is -2.83. The maximum absolute atomic E-state index is 5.88. The second-order valence-corrected chi connectivity index (χ2v) is 15.2. The second kappa shape index (κ2) is 4.35. The molecule has 0 aromatic rings. The standard InChI is InChI=1S/C4H6Cl4N3P3/c1-3-4-12(2)9-13(5,6)11-14(7,8)10-12/h1-2H3. The minimum absolute atomic E-state index is 1.69. The van der Waals surface area contributed by atoms with Gasteiger partial charge in [0, 0.05) is 6.66 Å². The number of nitrogens with zero attached hydrogens (tertiary/aromatic N) is 3. The monoisotopic (exact) mass is 329 g/mol. The van der Waals surface area contributed by atoms with Crippen molar-refractivity contribution in [3.63, 3.8) is 0 Å². The molecule has 0 fully saturated rings. The number of rotatable bonds is 0. The van der Waals surface area contributed by atoms with Gasteiger partial charge in [0.1, 0.15) is 0 Å². The molecule has 0 aromatic heterocycles. The van der Waals surface area contributed by atoms with E-state index >= 15 is 0 Å². The Hall–Kier alpha value is 1.41. The molecule has 14 heavy (non-hydrogen) atoms. The Kier molecular flexibility index (Phi) is 4.19. The number of halogens is 4. The fraction of sp³-hybridized carbons (Fsp3) is 0.500. The molecule has 0 bridgehead atoms. The van der Waals surface area contributed by atoms with Crippen LogP contribution in [0.3, 0.4) is 0 Å². The van der Waals surface area contributed by atoms with Gasteiger partial charge in [0.15, 0.2) is 7.21 Å². The molecule has 1 unspecified atom stereocenters. The van der Waals surface area contributed by atoms with Crippen molar-refractivity contribution in [2.24, 2.45) is 13.5 Å². The fourth-order valence-corrected chi connectivity index (χ4v) is 16.9. The van der Waals surface area contributed by atoms with Crippen LogP contribution in [-0.4, -0.2) is 6.66 Å². The Balaban J connectivity index is 3.54. The van der Waals surface area contributed by atoms with Crippen LogP contribution in [0.25, 0.3) is 0 Å². The highest BCUT2D eigenvalue weighted by atomic mass is 35.9. The van der Waals surface area contributed by atoms with Gasteiger partial charge in [0.05, 0.1) is 0 Å². The van der Waals surface area contributed by atoms with E-state index in [0.29, 0.717) is 0 Å². The molecule has 3 nitrogen and oxygen atoms in total. The highest BCUT2D eigenvalue weighted by Gasteiger charge is 2.29. The third-order valence-corrected chi connectivity index (χ3v) is 12.8. The predicted octanol–water partition coefficient (Wildman–Crippen LogP) is 6.57. The molecule has 0 aliphatic carbocycles. The van der Waals surface area contributed by atoms with Crippen LogP contribution in [0.15, 0.2) is 13.5 Å². The molecule has 0 N–H and O–H groups in total. The maximum Gasteiger partial charge on any atom is 0.256 e. The second-order valence-electron chi connectivity index (χ2n) is 2.45. The Morgan fingerprint density at radius 2 is 1.43 bits per heavy atom. The molecule has 0 saturated carbocycles. The van der Waals surface area contributed by atoms with Gasteiger partial charge in [-0.25, -0.2) is 9.03 Å². The van der Waals surface area contributed by atoms with Gasteiger partial charge in [-0.2, -0.15) is 4.52 Å². The molecule has 1 rings (SSSR count). The third kappa shape index (κ3) is 3.77. The van der Waals surface area contributed by atoms with Crippen molar-refractivity contribution in [3.8, 4) is 11.6 Å². The van der Waals surface area contributed by atoms with Gasteiger partial charge in [0.2, 0.25) is 0 Å². The molecular weight excluding hydrogens is 325 g/mol. The van der Waals surface area contributed by atoms with E-state index in [-0.39, 0.29) is 0 Å². The molecule has 1 atom stereocenters. The average Bonchev–Trinajstić information content (AvgIpc) is 1.75. The Morgan fingerprint density at radius 3 is 1.86 bits per heavy atom. The lowest BCUT2D eigenvalue weighted by atomic mass is 10.8. The molecule has 0 aromatic carbocycles. The van der Waals surface area contributed by atoms with Crippen LogP contribution < -0.4 is 0 Å². The van der Waals surface area contributed by atoms with Gasteiger partial charge in [-0.3, -0.25) is 0 Å². The molecule has 80 valence electrons. The topological polar surface area (TPSA) is 37.1 Å². The van der Waals surface area contributed by atoms with E-state index in [9.17, 15) is 0 Å². The zero-order valence-corrected chi connectivity index (χ0v) is 12.9. The van der Waals surface area contributed by atoms with Gasteiger partial charge in [-0.1, -0.05) is 5.92 Å². The van der Waals surface area contributed by atoms with E-state index in [1.807, 2.05) is 0 Å². The number of hydrogen-bond donors (Lipinski definition) is 0. The van der Waals surface area contributed by atoms with Gasteiger partial charge in [-0.15, -0.1) is 0 Å². The van der Waals surface area contributed by atoms with Crippen LogP contribution >= 0.6 is 64.0 Å². The smallest absolute Gasteiger partial charge is 0.201 e. The summed E-state index contributed by atoms with van der Waals surface area (Å²) in [4.78, 5) is 0. The summed E-state index contributed by atoms with van der Waals surface area (Å²) in [5, 5.41) is 0. The molecule has 10 heteroatoms. The molecule has 0 spiro atoms. The minimum Gasteiger partial charge on any atom is -0.201 e. The quantitative estimate of drug-likeness (QED) is 0.355. The molecule has 1 aliphatic heterocycles. The van der Waals surface area contributed by atoms with E-state index in [1.54, 1.807) is 13.6 Å². The van der Waals surface area contributed by atoms with Crippen molar-refractivity contribution in [2.45, 2.75) is 6.92 Å². The van der Waals surface area contributed by atoms with E-state index < -0.39 is 19.0 Å². The molecule has 0 amide bonds. The first-order valence-corrected chi connectivity index (χ1v) is 12.4. The zero-order chi connectivity index (χ0) is 11.0. The first-order chi connectivity index (χ1) is 6.18. The van der Waals surface area contributed by atoms with Crippen LogP contribution in [0.2, 0.25) is 0 Å². The summed E-state index contributed by atoms with van der Waals surface area (Å²) in [6.07, 6.45) is 0. The average molecular weight is 331 g/mol. The maximum atomic E-state index is 5.88. The number of hydrogen-bond acceptors (Lipinski definition) is 3. The molecule has 0 radical (unpaired) electrons. The van der Waals surface area contributed by atoms with Gasteiger partial charge >= 0.3 is 0 Å². The van der Waals surface area contributed by atoms with Crippen molar-refractivity contribution in [3.05, 3.63) is 0 Å². The molecule has 1 heterocycles. The lowest BCUT2D eigenvalue weighted by molar-refractivity contribution is 1.74. The highest BCUT2D eigenvalue weighted by Crippen LogP contribution is 2.84. The third-order valence-electron chi connectivity index (χ3n) is 1.10. The van der Waals surface area contributed by atoms with Crippen molar-refractivity contribution < 1.29 is 0 Å². The summed E-state index contributed by atoms with van der Waals surface area (Å²) in [6.45, 7) is 3.45.